The van der Waals surface area contributed by atoms with Crippen LogP contribution in [0.3, 0.4) is 0 Å². The number of fused-ring (bicyclic) bond motifs is 1. The minimum atomic E-state index is -0.379. The highest BCUT2D eigenvalue weighted by atomic mass is 16.2. The van der Waals surface area contributed by atoms with Crippen LogP contribution >= 0.6 is 0 Å². The molecular weight excluding hydrogens is 360 g/mol. The molecule has 4 rings (SSSR count). The van der Waals surface area contributed by atoms with Gasteiger partial charge >= 0.3 is 6.03 Å². The molecule has 1 aliphatic heterocycles. The molecule has 0 unspecified atom stereocenters. The van der Waals surface area contributed by atoms with Crippen LogP contribution in [0, 0.1) is 0 Å². The maximum Gasteiger partial charge on any atom is 0.321 e. The van der Waals surface area contributed by atoms with Crippen LogP contribution in [0.2, 0.25) is 0 Å². The van der Waals surface area contributed by atoms with Crippen molar-refractivity contribution in [1.29, 1.82) is 0 Å². The number of rotatable bonds is 4. The van der Waals surface area contributed by atoms with E-state index in [0.29, 0.717) is 0 Å². The van der Waals surface area contributed by atoms with E-state index in [1.807, 2.05) is 7.05 Å². The van der Waals surface area contributed by atoms with E-state index in [1.54, 1.807) is 17.2 Å². The minimum Gasteiger partial charge on any atom is -0.353 e. The third-order valence-corrected chi connectivity index (χ3v) is 5.49. The Hall–Kier alpha value is -2.75. The molecule has 1 saturated heterocycles. The largest absolute Gasteiger partial charge is 0.353 e. The highest BCUT2D eigenvalue weighted by Crippen LogP contribution is 2.23. The van der Waals surface area contributed by atoms with Crippen LogP contribution < -0.4 is 15.5 Å². The summed E-state index contributed by atoms with van der Waals surface area (Å²) in [5.74, 6) is 0.610. The molecule has 2 N–H and O–H groups in total. The molecule has 1 saturated carbocycles. The number of piperazine rings is 1. The first-order valence-corrected chi connectivity index (χ1v) is 9.80. The van der Waals surface area contributed by atoms with Gasteiger partial charge in [-0.2, -0.15) is 5.10 Å². The Bertz CT molecular complexity index is 852. The monoisotopic (exact) mass is 386 g/mol. The molecule has 10 heteroatoms. The molecule has 10 nitrogen and oxygen atoms in total. The van der Waals surface area contributed by atoms with E-state index in [0.717, 1.165) is 68.7 Å². The van der Waals surface area contributed by atoms with E-state index in [2.05, 4.69) is 35.5 Å². The van der Waals surface area contributed by atoms with Crippen molar-refractivity contribution in [2.24, 2.45) is 7.05 Å². The summed E-state index contributed by atoms with van der Waals surface area (Å²) in [5, 5.41) is 10.5. The van der Waals surface area contributed by atoms with Crippen molar-refractivity contribution in [3.05, 3.63) is 12.5 Å². The van der Waals surface area contributed by atoms with Gasteiger partial charge in [-0.25, -0.2) is 14.8 Å². The average molecular weight is 386 g/mol. The van der Waals surface area contributed by atoms with Crippen LogP contribution in [0.4, 0.5) is 10.6 Å². The summed E-state index contributed by atoms with van der Waals surface area (Å²) in [6.07, 6.45) is 7.62. The zero-order valence-corrected chi connectivity index (χ0v) is 16.1. The average Bonchev–Trinajstić information content (AvgIpc) is 3.32. The molecule has 0 spiro atoms. The lowest BCUT2D eigenvalue weighted by Crippen LogP contribution is -2.52. The standard InChI is InChI=1S/C18H26N8O2/c1-24-16-14(10-21-24)17(20-12-19-16)26-8-6-25(7-9-26)11-15(27)23-18(28)22-13-4-2-3-5-13/h10,12-13H,2-9,11H2,1H3,(H2,22,23,27,28). The topological polar surface area (TPSA) is 108 Å². The van der Waals surface area contributed by atoms with Gasteiger partial charge in [0.1, 0.15) is 12.1 Å². The van der Waals surface area contributed by atoms with Crippen LogP contribution in [0.25, 0.3) is 11.0 Å². The predicted molar refractivity (Wildman–Crippen MR) is 104 cm³/mol. The number of aryl methyl sites for hydroxylation is 1. The number of urea groups is 1. The molecule has 1 aliphatic carbocycles. The molecule has 2 aliphatic rings. The molecule has 2 fully saturated rings. The molecule has 2 aromatic rings. The van der Waals surface area contributed by atoms with Gasteiger partial charge in [-0.3, -0.25) is 19.7 Å². The number of imide groups is 1. The van der Waals surface area contributed by atoms with Crippen molar-refractivity contribution in [3.63, 3.8) is 0 Å². The summed E-state index contributed by atoms with van der Waals surface area (Å²) in [5.41, 5.74) is 0.806. The smallest absolute Gasteiger partial charge is 0.321 e. The number of nitrogens with one attached hydrogen (secondary N) is 2. The Morgan fingerprint density at radius 3 is 2.64 bits per heavy atom. The Balaban J connectivity index is 1.27. The Kier molecular flexibility index (Phi) is 5.38. The van der Waals surface area contributed by atoms with Crippen LogP contribution in [0.15, 0.2) is 12.5 Å². The van der Waals surface area contributed by atoms with Gasteiger partial charge in [0.2, 0.25) is 5.91 Å². The minimum absolute atomic E-state index is 0.202. The van der Waals surface area contributed by atoms with Gasteiger partial charge in [0, 0.05) is 39.3 Å². The molecule has 0 aromatic carbocycles. The summed E-state index contributed by atoms with van der Waals surface area (Å²) in [6.45, 7) is 3.18. The van der Waals surface area contributed by atoms with Crippen molar-refractivity contribution in [2.75, 3.05) is 37.6 Å². The fourth-order valence-electron chi connectivity index (χ4n) is 3.98. The zero-order chi connectivity index (χ0) is 19.5. The lowest BCUT2D eigenvalue weighted by molar-refractivity contribution is -0.121. The Labute approximate surface area is 163 Å². The summed E-state index contributed by atoms with van der Waals surface area (Å²) in [7, 11) is 1.86. The second-order valence-electron chi connectivity index (χ2n) is 7.47. The van der Waals surface area contributed by atoms with Crippen molar-refractivity contribution in [2.45, 2.75) is 31.7 Å². The van der Waals surface area contributed by atoms with Crippen LogP contribution in [-0.4, -0.2) is 75.4 Å². The molecule has 28 heavy (non-hydrogen) atoms. The van der Waals surface area contributed by atoms with Crippen LogP contribution in [0.1, 0.15) is 25.7 Å². The fourth-order valence-corrected chi connectivity index (χ4v) is 3.98. The van der Waals surface area contributed by atoms with Gasteiger partial charge in [-0.1, -0.05) is 12.8 Å². The first-order chi connectivity index (χ1) is 13.6. The number of aromatic nitrogens is 4. The third kappa shape index (κ3) is 4.06. The van der Waals surface area contributed by atoms with Crippen molar-refractivity contribution in [1.82, 2.24) is 35.3 Å². The van der Waals surface area contributed by atoms with Crippen molar-refractivity contribution in [3.8, 4) is 0 Å². The van der Waals surface area contributed by atoms with Crippen molar-refractivity contribution >= 4 is 28.8 Å². The Morgan fingerprint density at radius 2 is 1.89 bits per heavy atom. The number of carbonyl (C=O) groups is 2. The second-order valence-corrected chi connectivity index (χ2v) is 7.47. The Morgan fingerprint density at radius 1 is 1.14 bits per heavy atom. The van der Waals surface area contributed by atoms with Gasteiger partial charge in [0.25, 0.3) is 0 Å². The van der Waals surface area contributed by atoms with E-state index >= 15 is 0 Å². The highest BCUT2D eigenvalue weighted by molar-refractivity contribution is 5.95. The quantitative estimate of drug-likeness (QED) is 0.776. The lowest BCUT2D eigenvalue weighted by atomic mass is 10.2. The number of anilines is 1. The first-order valence-electron chi connectivity index (χ1n) is 9.80. The maximum absolute atomic E-state index is 12.2. The molecule has 0 atom stereocenters. The summed E-state index contributed by atoms with van der Waals surface area (Å²) in [4.78, 5) is 37.0. The summed E-state index contributed by atoms with van der Waals surface area (Å²) in [6, 6.07) is -0.177. The molecule has 3 heterocycles. The number of hydrogen-bond donors (Lipinski definition) is 2. The first kappa shape index (κ1) is 18.6. The number of amides is 3. The number of carbonyl (C=O) groups excluding carboxylic acids is 2. The van der Waals surface area contributed by atoms with Gasteiger partial charge in [0.05, 0.1) is 18.1 Å². The molecular formula is C18H26N8O2. The van der Waals surface area contributed by atoms with E-state index in [-0.39, 0.29) is 24.5 Å². The van der Waals surface area contributed by atoms with Gasteiger partial charge in [-0.05, 0) is 12.8 Å². The summed E-state index contributed by atoms with van der Waals surface area (Å²) < 4.78 is 1.73. The van der Waals surface area contributed by atoms with Crippen molar-refractivity contribution < 1.29 is 9.59 Å². The van der Waals surface area contributed by atoms with E-state index in [9.17, 15) is 9.59 Å². The van der Waals surface area contributed by atoms with Gasteiger partial charge < -0.3 is 10.2 Å². The van der Waals surface area contributed by atoms with Gasteiger partial charge in [0.15, 0.2) is 5.65 Å². The highest BCUT2D eigenvalue weighted by Gasteiger charge is 2.23. The fraction of sp³-hybridized carbons (Fsp3) is 0.611. The SMILES string of the molecule is Cn1ncc2c(N3CCN(CC(=O)NC(=O)NC4CCCC4)CC3)ncnc21. The maximum atomic E-state index is 12.2. The normalized spacial score (nSPS) is 18.5. The lowest BCUT2D eigenvalue weighted by Gasteiger charge is -2.35. The van der Waals surface area contributed by atoms with Crippen LogP contribution in [0.5, 0.6) is 0 Å². The second kappa shape index (κ2) is 8.09. The van der Waals surface area contributed by atoms with E-state index < -0.39 is 0 Å². The van der Waals surface area contributed by atoms with E-state index in [4.69, 9.17) is 0 Å². The number of nitrogens with zero attached hydrogens (tertiary/aromatic N) is 6. The predicted octanol–water partition coefficient (Wildman–Crippen LogP) is 0.254. The zero-order valence-electron chi connectivity index (χ0n) is 16.1. The van der Waals surface area contributed by atoms with Gasteiger partial charge in [-0.15, -0.1) is 0 Å². The molecule has 0 radical (unpaired) electrons. The third-order valence-electron chi connectivity index (χ3n) is 5.49. The van der Waals surface area contributed by atoms with Crippen LogP contribution in [-0.2, 0) is 11.8 Å². The summed E-state index contributed by atoms with van der Waals surface area (Å²) >= 11 is 0. The van der Waals surface area contributed by atoms with E-state index in [1.165, 1.54) is 0 Å². The number of hydrogen-bond acceptors (Lipinski definition) is 7. The molecule has 2 aromatic heterocycles. The molecule has 0 bridgehead atoms. The molecule has 150 valence electrons. The molecule has 3 amide bonds.